The topological polar surface area (TPSA) is 64.9 Å². The molecule has 0 amide bonds. The molecule has 0 unspecified atom stereocenters. The summed E-state index contributed by atoms with van der Waals surface area (Å²) < 4.78 is 7.11. The minimum Gasteiger partial charge on any atom is -0.497 e. The summed E-state index contributed by atoms with van der Waals surface area (Å²) in [7, 11) is 1.67. The Morgan fingerprint density at radius 3 is 2.65 bits per heavy atom. The molecule has 3 aromatic rings. The lowest BCUT2D eigenvalue weighted by atomic mass is 10.0. The van der Waals surface area contributed by atoms with E-state index in [4.69, 9.17) is 9.84 Å². The van der Waals surface area contributed by atoms with Crippen LogP contribution in [0.1, 0.15) is 11.3 Å². The van der Waals surface area contributed by atoms with Crippen molar-refractivity contribution in [2.75, 3.05) is 13.7 Å². The zero-order valence-electron chi connectivity index (χ0n) is 12.9. The quantitative estimate of drug-likeness (QED) is 0.801. The summed E-state index contributed by atoms with van der Waals surface area (Å²) in [5, 5.41) is 8.22. The molecule has 6 nitrogen and oxygen atoms in total. The molecule has 116 valence electrons. The molecule has 1 aliphatic rings. The van der Waals surface area contributed by atoms with Crippen molar-refractivity contribution in [1.82, 2.24) is 25.1 Å². The summed E-state index contributed by atoms with van der Waals surface area (Å²) in [5.74, 6) is 1.46. The van der Waals surface area contributed by atoms with Crippen molar-refractivity contribution in [3.8, 4) is 23.0 Å². The van der Waals surface area contributed by atoms with E-state index in [0.717, 1.165) is 36.5 Å². The highest BCUT2D eigenvalue weighted by Crippen LogP contribution is 2.29. The van der Waals surface area contributed by atoms with Gasteiger partial charge in [0.15, 0.2) is 0 Å². The van der Waals surface area contributed by atoms with Gasteiger partial charge in [0.25, 0.3) is 5.95 Å². The van der Waals surface area contributed by atoms with Gasteiger partial charge in [-0.05, 0) is 30.3 Å². The lowest BCUT2D eigenvalue weighted by molar-refractivity contribution is 0.415. The Kier molecular flexibility index (Phi) is 3.51. The van der Waals surface area contributed by atoms with Gasteiger partial charge in [0.05, 0.1) is 18.5 Å². The Balaban J connectivity index is 1.85. The highest BCUT2D eigenvalue weighted by molar-refractivity contribution is 5.65. The molecule has 0 spiro atoms. The molecule has 4 rings (SSSR count). The summed E-state index contributed by atoms with van der Waals surface area (Å²) in [4.78, 5) is 8.68. The SMILES string of the molecule is COc1ccc(-c2nn(-c3ncccn3)c3c2CNCC3)cc1. The van der Waals surface area contributed by atoms with E-state index in [1.165, 1.54) is 11.3 Å². The van der Waals surface area contributed by atoms with Crippen molar-refractivity contribution in [3.05, 3.63) is 54.0 Å². The maximum absolute atomic E-state index is 5.23. The highest BCUT2D eigenvalue weighted by atomic mass is 16.5. The smallest absolute Gasteiger partial charge is 0.250 e. The molecule has 1 aliphatic heterocycles. The van der Waals surface area contributed by atoms with Gasteiger partial charge >= 0.3 is 0 Å². The van der Waals surface area contributed by atoms with Crippen molar-refractivity contribution in [2.24, 2.45) is 0 Å². The molecule has 1 N–H and O–H groups in total. The summed E-state index contributed by atoms with van der Waals surface area (Å²) >= 11 is 0. The second-order valence-corrected chi connectivity index (χ2v) is 5.39. The monoisotopic (exact) mass is 307 g/mol. The predicted molar refractivity (Wildman–Crippen MR) is 86.6 cm³/mol. The number of methoxy groups -OCH3 is 1. The van der Waals surface area contributed by atoms with E-state index in [-0.39, 0.29) is 0 Å². The van der Waals surface area contributed by atoms with Crippen molar-refractivity contribution in [1.29, 1.82) is 0 Å². The van der Waals surface area contributed by atoms with E-state index >= 15 is 0 Å². The number of nitrogens with one attached hydrogen (secondary N) is 1. The van der Waals surface area contributed by atoms with Gasteiger partial charge in [0, 0.05) is 43.0 Å². The van der Waals surface area contributed by atoms with Crippen LogP contribution in [0, 0.1) is 0 Å². The molecule has 0 aliphatic carbocycles. The first kappa shape index (κ1) is 13.9. The first-order valence-electron chi connectivity index (χ1n) is 7.60. The van der Waals surface area contributed by atoms with Gasteiger partial charge in [-0.3, -0.25) is 0 Å². The van der Waals surface area contributed by atoms with Gasteiger partial charge < -0.3 is 10.1 Å². The van der Waals surface area contributed by atoms with Crippen LogP contribution >= 0.6 is 0 Å². The number of aromatic nitrogens is 4. The van der Waals surface area contributed by atoms with Crippen LogP contribution in [0.5, 0.6) is 5.75 Å². The average molecular weight is 307 g/mol. The fourth-order valence-corrected chi connectivity index (χ4v) is 2.89. The van der Waals surface area contributed by atoms with Crippen LogP contribution in [0.25, 0.3) is 17.2 Å². The van der Waals surface area contributed by atoms with Crippen molar-refractivity contribution >= 4 is 0 Å². The number of benzene rings is 1. The third-order valence-electron chi connectivity index (χ3n) is 4.04. The first-order valence-corrected chi connectivity index (χ1v) is 7.60. The Hall–Kier alpha value is -2.73. The zero-order chi connectivity index (χ0) is 15.6. The van der Waals surface area contributed by atoms with Crippen molar-refractivity contribution in [2.45, 2.75) is 13.0 Å². The average Bonchev–Trinajstić information content (AvgIpc) is 3.02. The van der Waals surface area contributed by atoms with Crippen LogP contribution in [-0.4, -0.2) is 33.4 Å². The minimum absolute atomic E-state index is 0.616. The minimum atomic E-state index is 0.616. The van der Waals surface area contributed by atoms with Gasteiger partial charge in [0.2, 0.25) is 0 Å². The Bertz CT molecular complexity index is 811. The summed E-state index contributed by atoms with van der Waals surface area (Å²) in [6.45, 7) is 1.75. The largest absolute Gasteiger partial charge is 0.497 e. The third kappa shape index (κ3) is 2.47. The van der Waals surface area contributed by atoms with Gasteiger partial charge in [0.1, 0.15) is 5.75 Å². The standard InChI is InChI=1S/C17H17N5O/c1-23-13-5-3-12(4-6-13)16-14-11-18-10-7-15(14)22(21-16)17-19-8-2-9-20-17/h2-6,8-9,18H,7,10-11H2,1H3. The van der Waals surface area contributed by atoms with E-state index in [9.17, 15) is 0 Å². The number of rotatable bonds is 3. The number of hydrogen-bond donors (Lipinski definition) is 1. The lowest BCUT2D eigenvalue weighted by Crippen LogP contribution is -2.25. The van der Waals surface area contributed by atoms with E-state index < -0.39 is 0 Å². The van der Waals surface area contributed by atoms with E-state index in [0.29, 0.717) is 5.95 Å². The molecule has 23 heavy (non-hydrogen) atoms. The molecule has 0 saturated carbocycles. The molecule has 0 atom stereocenters. The molecule has 0 radical (unpaired) electrons. The maximum Gasteiger partial charge on any atom is 0.250 e. The number of fused-ring (bicyclic) bond motifs is 1. The van der Waals surface area contributed by atoms with Gasteiger partial charge in [-0.2, -0.15) is 5.10 Å². The fraction of sp³-hybridized carbons (Fsp3) is 0.235. The highest BCUT2D eigenvalue weighted by Gasteiger charge is 2.23. The van der Waals surface area contributed by atoms with Crippen LogP contribution in [0.4, 0.5) is 0 Å². The zero-order valence-corrected chi connectivity index (χ0v) is 12.9. The van der Waals surface area contributed by atoms with E-state index in [2.05, 4.69) is 15.3 Å². The lowest BCUT2D eigenvalue weighted by Gasteiger charge is -2.15. The molecular weight excluding hydrogens is 290 g/mol. The van der Waals surface area contributed by atoms with E-state index in [1.54, 1.807) is 19.5 Å². The van der Waals surface area contributed by atoms with Crippen LogP contribution in [0.2, 0.25) is 0 Å². The normalized spacial score (nSPS) is 13.6. The summed E-state index contributed by atoms with van der Waals surface area (Å²) in [6.07, 6.45) is 4.39. The van der Waals surface area contributed by atoms with Crippen LogP contribution < -0.4 is 10.1 Å². The molecule has 2 aromatic heterocycles. The first-order chi connectivity index (χ1) is 11.4. The second kappa shape index (κ2) is 5.81. The fourth-order valence-electron chi connectivity index (χ4n) is 2.89. The molecule has 3 heterocycles. The number of ether oxygens (including phenoxy) is 1. The van der Waals surface area contributed by atoms with Gasteiger partial charge in [-0.1, -0.05) is 0 Å². The summed E-state index contributed by atoms with van der Waals surface area (Å²) in [6, 6.07) is 9.79. The molecular formula is C17H17N5O. The second-order valence-electron chi connectivity index (χ2n) is 5.39. The van der Waals surface area contributed by atoms with Gasteiger partial charge in [-0.25, -0.2) is 14.6 Å². The van der Waals surface area contributed by atoms with Crippen LogP contribution in [-0.2, 0) is 13.0 Å². The predicted octanol–water partition coefficient (Wildman–Crippen LogP) is 1.98. The number of nitrogens with zero attached hydrogens (tertiary/aromatic N) is 4. The maximum atomic E-state index is 5.23. The molecule has 0 fully saturated rings. The van der Waals surface area contributed by atoms with Crippen LogP contribution in [0.3, 0.4) is 0 Å². The molecule has 6 heteroatoms. The summed E-state index contributed by atoms with van der Waals surface area (Å²) in [5.41, 5.74) is 4.44. The third-order valence-corrected chi connectivity index (χ3v) is 4.04. The Morgan fingerprint density at radius 2 is 1.91 bits per heavy atom. The van der Waals surface area contributed by atoms with Crippen molar-refractivity contribution < 1.29 is 4.74 Å². The Labute approximate surface area is 134 Å². The Morgan fingerprint density at radius 1 is 1.13 bits per heavy atom. The van der Waals surface area contributed by atoms with Crippen LogP contribution in [0.15, 0.2) is 42.7 Å². The molecule has 0 bridgehead atoms. The van der Waals surface area contributed by atoms with E-state index in [1.807, 2.05) is 35.0 Å². The number of hydrogen-bond acceptors (Lipinski definition) is 5. The molecule has 1 aromatic carbocycles. The molecule has 0 saturated heterocycles. The van der Waals surface area contributed by atoms with Gasteiger partial charge in [-0.15, -0.1) is 0 Å². The van der Waals surface area contributed by atoms with Crippen molar-refractivity contribution in [3.63, 3.8) is 0 Å².